The fraction of sp³-hybridized carbons (Fsp3) is 0.429. The Hall–Kier alpha value is -1.76. The molecule has 1 fully saturated rings. The normalized spacial score (nSPS) is 21.7. The molecule has 0 amide bonds. The molecule has 1 aliphatic rings. The molecule has 0 aliphatic heterocycles. The van der Waals surface area contributed by atoms with E-state index in [1.807, 2.05) is 12.1 Å². The van der Waals surface area contributed by atoms with E-state index in [1.54, 1.807) is 12.1 Å². The van der Waals surface area contributed by atoms with Crippen LogP contribution in [0, 0.1) is 11.8 Å². The second kappa shape index (κ2) is 7.00. The maximum absolute atomic E-state index is 9.36. The molecule has 0 heterocycles. The van der Waals surface area contributed by atoms with Crippen LogP contribution < -0.4 is 0 Å². The summed E-state index contributed by atoms with van der Waals surface area (Å²) in [5.41, 5.74) is 3.82. The van der Waals surface area contributed by atoms with E-state index in [2.05, 4.69) is 31.2 Å². The third-order valence-electron chi connectivity index (χ3n) is 5.13. The number of hydrogen-bond acceptors (Lipinski definition) is 1. The average molecular weight is 294 g/mol. The zero-order valence-electron chi connectivity index (χ0n) is 13.5. The molecular formula is C21H26O. The molecule has 0 spiro atoms. The highest BCUT2D eigenvalue weighted by atomic mass is 16.3. The third-order valence-corrected chi connectivity index (χ3v) is 5.13. The van der Waals surface area contributed by atoms with Crippen LogP contribution >= 0.6 is 0 Å². The van der Waals surface area contributed by atoms with Gasteiger partial charge in [-0.15, -0.1) is 0 Å². The van der Waals surface area contributed by atoms with Crippen LogP contribution in [0.25, 0.3) is 11.1 Å². The molecule has 0 atom stereocenters. The first-order valence-corrected chi connectivity index (χ1v) is 8.59. The zero-order chi connectivity index (χ0) is 15.4. The van der Waals surface area contributed by atoms with Crippen molar-refractivity contribution < 1.29 is 5.11 Å². The lowest BCUT2D eigenvalue weighted by Gasteiger charge is -2.26. The Morgan fingerprint density at radius 1 is 0.818 bits per heavy atom. The van der Waals surface area contributed by atoms with Gasteiger partial charge in [0.05, 0.1) is 0 Å². The Labute approximate surface area is 134 Å². The van der Waals surface area contributed by atoms with Gasteiger partial charge in [-0.2, -0.15) is 0 Å². The molecule has 1 saturated carbocycles. The van der Waals surface area contributed by atoms with Crippen molar-refractivity contribution in [3.63, 3.8) is 0 Å². The minimum atomic E-state index is 0.321. The van der Waals surface area contributed by atoms with Gasteiger partial charge in [-0.05, 0) is 53.5 Å². The van der Waals surface area contributed by atoms with Crippen LogP contribution in [0.15, 0.2) is 48.5 Å². The van der Waals surface area contributed by atoms with Crippen LogP contribution in [-0.2, 0) is 6.42 Å². The summed E-state index contributed by atoms with van der Waals surface area (Å²) in [5, 5.41) is 9.36. The van der Waals surface area contributed by atoms with E-state index in [-0.39, 0.29) is 0 Å². The van der Waals surface area contributed by atoms with E-state index in [4.69, 9.17) is 0 Å². The van der Waals surface area contributed by atoms with Gasteiger partial charge in [-0.25, -0.2) is 0 Å². The standard InChI is InChI=1S/C21H26O/c1-16-2-4-17(5-3-16)6-7-18-8-10-19(11-9-18)20-12-14-21(22)15-13-20/h8-17,22H,2-7H2,1H3. The summed E-state index contributed by atoms with van der Waals surface area (Å²) in [5.74, 6) is 2.20. The first-order chi connectivity index (χ1) is 10.7. The minimum absolute atomic E-state index is 0.321. The van der Waals surface area contributed by atoms with E-state index in [1.165, 1.54) is 49.7 Å². The Morgan fingerprint density at radius 2 is 1.36 bits per heavy atom. The SMILES string of the molecule is CC1CCC(CCc2ccc(-c3ccc(O)cc3)cc2)CC1. The molecule has 0 aromatic heterocycles. The monoisotopic (exact) mass is 294 g/mol. The molecule has 0 bridgehead atoms. The topological polar surface area (TPSA) is 20.2 Å². The highest BCUT2D eigenvalue weighted by Gasteiger charge is 2.17. The van der Waals surface area contributed by atoms with E-state index in [0.717, 1.165) is 17.4 Å². The number of phenolic OH excluding ortho intramolecular Hbond substituents is 1. The van der Waals surface area contributed by atoms with Crippen LogP contribution in [0.5, 0.6) is 5.75 Å². The van der Waals surface area contributed by atoms with Crippen molar-refractivity contribution in [1.82, 2.24) is 0 Å². The van der Waals surface area contributed by atoms with Crippen LogP contribution in [0.2, 0.25) is 0 Å². The average Bonchev–Trinajstić information content (AvgIpc) is 2.56. The predicted molar refractivity (Wildman–Crippen MR) is 93.0 cm³/mol. The maximum atomic E-state index is 9.36. The fourth-order valence-electron chi connectivity index (χ4n) is 3.51. The number of aryl methyl sites for hydroxylation is 1. The minimum Gasteiger partial charge on any atom is -0.508 e. The van der Waals surface area contributed by atoms with Crippen LogP contribution in [-0.4, -0.2) is 5.11 Å². The highest BCUT2D eigenvalue weighted by Crippen LogP contribution is 2.31. The Morgan fingerprint density at radius 3 is 1.95 bits per heavy atom. The Bertz CT molecular complexity index is 574. The largest absolute Gasteiger partial charge is 0.508 e. The second-order valence-electron chi connectivity index (χ2n) is 6.91. The molecule has 0 radical (unpaired) electrons. The summed E-state index contributed by atoms with van der Waals surface area (Å²) in [7, 11) is 0. The highest BCUT2D eigenvalue weighted by molar-refractivity contribution is 5.64. The van der Waals surface area contributed by atoms with Crippen LogP contribution in [0.1, 0.15) is 44.6 Å². The van der Waals surface area contributed by atoms with Crippen molar-refractivity contribution in [2.24, 2.45) is 11.8 Å². The van der Waals surface area contributed by atoms with Crippen molar-refractivity contribution in [3.8, 4) is 16.9 Å². The molecule has 2 aromatic carbocycles. The maximum Gasteiger partial charge on any atom is 0.115 e. The van der Waals surface area contributed by atoms with E-state index in [0.29, 0.717) is 5.75 Å². The molecule has 1 N–H and O–H groups in total. The first kappa shape index (κ1) is 15.1. The lowest BCUT2D eigenvalue weighted by molar-refractivity contribution is 0.278. The van der Waals surface area contributed by atoms with Gasteiger partial charge in [0.1, 0.15) is 5.75 Å². The molecular weight excluding hydrogens is 268 g/mol. The summed E-state index contributed by atoms with van der Waals surface area (Å²) in [6, 6.07) is 16.3. The molecule has 1 aliphatic carbocycles. The molecule has 3 rings (SSSR count). The molecule has 22 heavy (non-hydrogen) atoms. The number of aromatic hydroxyl groups is 1. The van der Waals surface area contributed by atoms with Gasteiger partial charge in [0.15, 0.2) is 0 Å². The van der Waals surface area contributed by atoms with E-state index in [9.17, 15) is 5.11 Å². The second-order valence-corrected chi connectivity index (χ2v) is 6.91. The molecule has 1 nitrogen and oxygen atoms in total. The van der Waals surface area contributed by atoms with Gasteiger partial charge in [0.2, 0.25) is 0 Å². The van der Waals surface area contributed by atoms with Crippen LogP contribution in [0.3, 0.4) is 0 Å². The quantitative estimate of drug-likeness (QED) is 0.753. The first-order valence-electron chi connectivity index (χ1n) is 8.59. The predicted octanol–water partition coefficient (Wildman–Crippen LogP) is 5.82. The zero-order valence-corrected chi connectivity index (χ0v) is 13.5. The van der Waals surface area contributed by atoms with E-state index < -0.39 is 0 Å². The molecule has 1 heteroatoms. The molecule has 0 saturated heterocycles. The smallest absolute Gasteiger partial charge is 0.115 e. The number of benzene rings is 2. The lowest BCUT2D eigenvalue weighted by atomic mass is 9.80. The molecule has 116 valence electrons. The van der Waals surface area contributed by atoms with Crippen molar-refractivity contribution in [1.29, 1.82) is 0 Å². The summed E-state index contributed by atoms with van der Waals surface area (Å²) < 4.78 is 0. The Balaban J connectivity index is 1.56. The van der Waals surface area contributed by atoms with Gasteiger partial charge >= 0.3 is 0 Å². The summed E-state index contributed by atoms with van der Waals surface area (Å²) in [6.45, 7) is 2.39. The number of hydrogen-bond donors (Lipinski definition) is 1. The van der Waals surface area contributed by atoms with Crippen molar-refractivity contribution in [2.45, 2.75) is 45.4 Å². The summed E-state index contributed by atoms with van der Waals surface area (Å²) in [4.78, 5) is 0. The lowest BCUT2D eigenvalue weighted by Crippen LogP contribution is -2.12. The number of phenols is 1. The molecule has 0 unspecified atom stereocenters. The molecule has 2 aromatic rings. The van der Waals surface area contributed by atoms with Crippen molar-refractivity contribution in [3.05, 3.63) is 54.1 Å². The van der Waals surface area contributed by atoms with Gasteiger partial charge in [-0.1, -0.05) is 69.0 Å². The van der Waals surface area contributed by atoms with Gasteiger partial charge in [0, 0.05) is 0 Å². The van der Waals surface area contributed by atoms with Gasteiger partial charge in [-0.3, -0.25) is 0 Å². The Kier molecular flexibility index (Phi) is 4.82. The van der Waals surface area contributed by atoms with Gasteiger partial charge in [0.25, 0.3) is 0 Å². The third kappa shape index (κ3) is 3.91. The van der Waals surface area contributed by atoms with Crippen LogP contribution in [0.4, 0.5) is 0 Å². The van der Waals surface area contributed by atoms with E-state index >= 15 is 0 Å². The van der Waals surface area contributed by atoms with Crippen molar-refractivity contribution >= 4 is 0 Å². The summed E-state index contributed by atoms with van der Waals surface area (Å²) >= 11 is 0. The van der Waals surface area contributed by atoms with Crippen molar-refractivity contribution in [2.75, 3.05) is 0 Å². The number of rotatable bonds is 4. The summed E-state index contributed by atoms with van der Waals surface area (Å²) in [6.07, 6.45) is 8.23. The fourth-order valence-corrected chi connectivity index (χ4v) is 3.51. The van der Waals surface area contributed by atoms with Gasteiger partial charge < -0.3 is 5.11 Å².